The van der Waals surface area contributed by atoms with Crippen LogP contribution in [0.2, 0.25) is 5.02 Å². The van der Waals surface area contributed by atoms with E-state index in [9.17, 15) is 4.79 Å². The Morgan fingerprint density at radius 2 is 1.95 bits per heavy atom. The highest BCUT2D eigenvalue weighted by atomic mass is 35.5. The lowest BCUT2D eigenvalue weighted by Crippen LogP contribution is -2.63. The van der Waals surface area contributed by atoms with Crippen molar-refractivity contribution < 1.29 is 9.53 Å². The third-order valence-corrected chi connectivity index (χ3v) is 3.90. The molecule has 1 amide bonds. The van der Waals surface area contributed by atoms with Crippen molar-refractivity contribution in [3.8, 4) is 5.75 Å². The van der Waals surface area contributed by atoms with Crippen molar-refractivity contribution >= 4 is 23.2 Å². The van der Waals surface area contributed by atoms with Crippen LogP contribution in [0.15, 0.2) is 48.5 Å². The minimum atomic E-state index is -0.547. The van der Waals surface area contributed by atoms with Gasteiger partial charge in [-0.1, -0.05) is 29.8 Å². The van der Waals surface area contributed by atoms with Crippen LogP contribution in [0.3, 0.4) is 0 Å². The molecule has 2 aromatic carbocycles. The second-order valence-electron chi connectivity index (χ2n) is 4.94. The summed E-state index contributed by atoms with van der Waals surface area (Å²) < 4.78 is 5.21. The molecule has 1 aliphatic heterocycles. The summed E-state index contributed by atoms with van der Waals surface area (Å²) in [6.07, 6.45) is 0. The number of nitrogens with zero attached hydrogens (tertiary/aromatic N) is 1. The zero-order valence-corrected chi connectivity index (χ0v) is 12.2. The molecule has 21 heavy (non-hydrogen) atoms. The van der Waals surface area contributed by atoms with E-state index in [0.717, 1.165) is 11.3 Å². The molecule has 0 aromatic heterocycles. The Labute approximate surface area is 128 Å². The van der Waals surface area contributed by atoms with E-state index in [1.165, 1.54) is 0 Å². The van der Waals surface area contributed by atoms with Crippen LogP contribution in [0.4, 0.5) is 5.69 Å². The molecule has 5 heteroatoms. The number of carbonyl (C=O) groups excluding carboxylic acids is 1. The van der Waals surface area contributed by atoms with Gasteiger partial charge < -0.3 is 15.4 Å². The predicted molar refractivity (Wildman–Crippen MR) is 82.6 cm³/mol. The zero-order valence-electron chi connectivity index (χ0n) is 11.5. The van der Waals surface area contributed by atoms with Crippen molar-refractivity contribution in [1.82, 2.24) is 0 Å². The number of carbonyl (C=O) groups is 1. The number of hydrogen-bond acceptors (Lipinski definition) is 3. The molecule has 0 spiro atoms. The van der Waals surface area contributed by atoms with Crippen LogP contribution < -0.4 is 15.4 Å². The molecule has 0 aliphatic carbocycles. The molecule has 1 saturated heterocycles. The van der Waals surface area contributed by atoms with E-state index >= 15 is 0 Å². The lowest BCUT2D eigenvalue weighted by atomic mass is 9.88. The van der Waals surface area contributed by atoms with Gasteiger partial charge in [0.1, 0.15) is 11.8 Å². The topological polar surface area (TPSA) is 55.6 Å². The van der Waals surface area contributed by atoms with Gasteiger partial charge in [0.25, 0.3) is 0 Å². The van der Waals surface area contributed by atoms with Gasteiger partial charge >= 0.3 is 0 Å². The predicted octanol–water partition coefficient (Wildman–Crippen LogP) is 2.76. The van der Waals surface area contributed by atoms with Gasteiger partial charge in [0, 0.05) is 16.8 Å². The SMILES string of the molecule is COc1cccc(N2C(=O)[C@H](N)[C@H]2c2cccc(Cl)c2)c1. The van der Waals surface area contributed by atoms with Crippen molar-refractivity contribution in [2.45, 2.75) is 12.1 Å². The fourth-order valence-corrected chi connectivity index (χ4v) is 2.81. The lowest BCUT2D eigenvalue weighted by Gasteiger charge is -2.45. The molecule has 0 unspecified atom stereocenters. The maximum atomic E-state index is 12.2. The van der Waals surface area contributed by atoms with E-state index < -0.39 is 6.04 Å². The molecule has 1 fully saturated rings. The standard InChI is InChI=1S/C16H15ClN2O2/c1-21-13-7-3-6-12(9-13)19-15(14(18)16(19)20)10-4-2-5-11(17)8-10/h2-9,14-15H,18H2,1H3/t14-,15-/m1/s1. The molecule has 0 radical (unpaired) electrons. The number of β-lactam (4-membered cyclic amide) rings is 1. The van der Waals surface area contributed by atoms with E-state index in [4.69, 9.17) is 22.1 Å². The van der Waals surface area contributed by atoms with Crippen molar-refractivity contribution in [3.05, 3.63) is 59.1 Å². The Kier molecular flexibility index (Phi) is 3.57. The molecule has 2 aromatic rings. The molecule has 1 heterocycles. The molecular formula is C16H15ClN2O2. The van der Waals surface area contributed by atoms with Crippen LogP contribution in [0.5, 0.6) is 5.75 Å². The summed E-state index contributed by atoms with van der Waals surface area (Å²) >= 11 is 6.03. The van der Waals surface area contributed by atoms with E-state index in [1.807, 2.05) is 42.5 Å². The maximum Gasteiger partial charge on any atom is 0.247 e. The first-order chi connectivity index (χ1) is 10.1. The molecule has 0 bridgehead atoms. The molecule has 2 atom stereocenters. The number of methoxy groups -OCH3 is 1. The number of nitrogens with two attached hydrogens (primary N) is 1. The normalized spacial score (nSPS) is 21.1. The first-order valence-electron chi connectivity index (χ1n) is 6.60. The van der Waals surface area contributed by atoms with Crippen LogP contribution in [-0.2, 0) is 4.79 Å². The zero-order chi connectivity index (χ0) is 15.0. The molecule has 0 saturated carbocycles. The lowest BCUT2D eigenvalue weighted by molar-refractivity contribution is -0.126. The van der Waals surface area contributed by atoms with Crippen molar-refractivity contribution in [2.75, 3.05) is 12.0 Å². The third-order valence-electron chi connectivity index (χ3n) is 3.66. The van der Waals surface area contributed by atoms with E-state index in [0.29, 0.717) is 10.8 Å². The summed E-state index contributed by atoms with van der Waals surface area (Å²) in [5.74, 6) is 0.596. The third kappa shape index (κ3) is 2.37. The van der Waals surface area contributed by atoms with Crippen LogP contribution in [0.1, 0.15) is 11.6 Å². The highest BCUT2D eigenvalue weighted by Gasteiger charge is 2.46. The minimum absolute atomic E-state index is 0.103. The summed E-state index contributed by atoms with van der Waals surface area (Å²) in [5, 5.41) is 0.629. The molecule has 3 rings (SSSR count). The minimum Gasteiger partial charge on any atom is -0.497 e. The molecule has 4 nitrogen and oxygen atoms in total. The summed E-state index contributed by atoms with van der Waals surface area (Å²) in [5.41, 5.74) is 7.68. The summed E-state index contributed by atoms with van der Waals surface area (Å²) in [7, 11) is 1.59. The van der Waals surface area contributed by atoms with Crippen molar-refractivity contribution in [1.29, 1.82) is 0 Å². The first-order valence-corrected chi connectivity index (χ1v) is 6.98. The highest BCUT2D eigenvalue weighted by molar-refractivity contribution is 6.30. The summed E-state index contributed by atoms with van der Waals surface area (Å²) in [6, 6.07) is 14.0. The second kappa shape index (κ2) is 5.39. The summed E-state index contributed by atoms with van der Waals surface area (Å²) in [4.78, 5) is 13.8. The van der Waals surface area contributed by atoms with E-state index in [-0.39, 0.29) is 11.9 Å². The average molecular weight is 303 g/mol. The fourth-order valence-electron chi connectivity index (χ4n) is 2.61. The molecule has 1 aliphatic rings. The second-order valence-corrected chi connectivity index (χ2v) is 5.37. The Morgan fingerprint density at radius 3 is 2.67 bits per heavy atom. The quantitative estimate of drug-likeness (QED) is 0.887. The van der Waals surface area contributed by atoms with Gasteiger partial charge in [-0.05, 0) is 29.8 Å². The van der Waals surface area contributed by atoms with Crippen LogP contribution in [0, 0.1) is 0 Å². The van der Waals surface area contributed by atoms with E-state index in [2.05, 4.69) is 0 Å². The smallest absolute Gasteiger partial charge is 0.247 e. The number of anilines is 1. The highest BCUT2D eigenvalue weighted by Crippen LogP contribution is 2.39. The largest absolute Gasteiger partial charge is 0.497 e. The molecular weight excluding hydrogens is 288 g/mol. The van der Waals surface area contributed by atoms with Crippen LogP contribution in [-0.4, -0.2) is 19.1 Å². The van der Waals surface area contributed by atoms with Crippen LogP contribution in [0.25, 0.3) is 0 Å². The molecule has 2 N–H and O–H groups in total. The Balaban J connectivity index is 1.98. The first kappa shape index (κ1) is 13.9. The fraction of sp³-hybridized carbons (Fsp3) is 0.188. The number of halogens is 1. The van der Waals surface area contributed by atoms with E-state index in [1.54, 1.807) is 18.1 Å². The molecule has 108 valence electrons. The van der Waals surface area contributed by atoms with Gasteiger partial charge in [-0.15, -0.1) is 0 Å². The average Bonchev–Trinajstić information content (AvgIpc) is 2.51. The number of rotatable bonds is 3. The van der Waals surface area contributed by atoms with Gasteiger partial charge in [-0.25, -0.2) is 0 Å². The van der Waals surface area contributed by atoms with Crippen molar-refractivity contribution in [3.63, 3.8) is 0 Å². The van der Waals surface area contributed by atoms with Crippen molar-refractivity contribution in [2.24, 2.45) is 5.73 Å². The Bertz CT molecular complexity index is 689. The van der Waals surface area contributed by atoms with Gasteiger partial charge in [0.2, 0.25) is 5.91 Å². The number of hydrogen-bond donors (Lipinski definition) is 1. The van der Waals surface area contributed by atoms with Crippen LogP contribution >= 0.6 is 11.6 Å². The number of ether oxygens (including phenoxy) is 1. The number of amides is 1. The number of benzene rings is 2. The Morgan fingerprint density at radius 1 is 1.19 bits per heavy atom. The summed E-state index contributed by atoms with van der Waals surface area (Å²) in [6.45, 7) is 0. The monoisotopic (exact) mass is 302 g/mol. The Hall–Kier alpha value is -2.04. The van der Waals surface area contributed by atoms with Gasteiger partial charge in [-0.2, -0.15) is 0 Å². The maximum absolute atomic E-state index is 12.2. The van der Waals surface area contributed by atoms with Gasteiger partial charge in [0.15, 0.2) is 0 Å². The van der Waals surface area contributed by atoms with Gasteiger partial charge in [0.05, 0.1) is 13.2 Å². The van der Waals surface area contributed by atoms with Gasteiger partial charge in [-0.3, -0.25) is 4.79 Å².